The summed E-state index contributed by atoms with van der Waals surface area (Å²) in [7, 11) is 0. The molecule has 0 aliphatic carbocycles. The number of hydrogen-bond donors (Lipinski definition) is 3. The Hall–Kier alpha value is -4.47. The summed E-state index contributed by atoms with van der Waals surface area (Å²) < 4.78 is 1.79. The molecule has 2 aromatic carbocycles. The smallest absolute Gasteiger partial charge is 0.322 e. The molecule has 36 heavy (non-hydrogen) atoms. The van der Waals surface area contributed by atoms with Gasteiger partial charge in [0.1, 0.15) is 6.54 Å². The number of rotatable bonds is 7. The monoisotopic (exact) mass is 489 g/mol. The SMILES string of the molecule is C=CC(=O)N1CCCCC(n2c(NC(=O)c3ccccc3)nc3cccc(C(=O)NCC(=O)O)c32)C1. The van der Waals surface area contributed by atoms with Gasteiger partial charge >= 0.3 is 5.97 Å². The molecule has 1 aliphatic heterocycles. The van der Waals surface area contributed by atoms with Crippen molar-refractivity contribution in [3.05, 3.63) is 72.3 Å². The van der Waals surface area contributed by atoms with E-state index >= 15 is 0 Å². The van der Waals surface area contributed by atoms with Crippen molar-refractivity contribution in [2.75, 3.05) is 25.0 Å². The van der Waals surface area contributed by atoms with Crippen LogP contribution in [0.1, 0.15) is 46.0 Å². The molecule has 0 saturated carbocycles. The standard InChI is InChI=1S/C26H27N5O5/c1-2-21(32)30-14-7-6-11-18(16-30)31-23-19(25(36)27-15-22(33)34)12-8-13-20(23)28-26(31)29-24(35)17-9-4-3-5-10-17/h2-5,8-10,12-13,18H,1,6-7,11,14-16H2,(H,27,36)(H,33,34)(H,28,29,35). The van der Waals surface area contributed by atoms with Crippen molar-refractivity contribution in [3.8, 4) is 0 Å². The van der Waals surface area contributed by atoms with Crippen LogP contribution < -0.4 is 10.6 Å². The Balaban J connectivity index is 1.82. The summed E-state index contributed by atoms with van der Waals surface area (Å²) >= 11 is 0. The van der Waals surface area contributed by atoms with Crippen molar-refractivity contribution >= 4 is 40.7 Å². The average molecular weight is 490 g/mol. The second-order valence-corrected chi connectivity index (χ2v) is 8.51. The lowest BCUT2D eigenvalue weighted by molar-refractivity contribution is -0.135. The van der Waals surface area contributed by atoms with Gasteiger partial charge in [-0.2, -0.15) is 0 Å². The van der Waals surface area contributed by atoms with Crippen LogP contribution in [0.3, 0.4) is 0 Å². The van der Waals surface area contributed by atoms with E-state index in [1.807, 2.05) is 6.07 Å². The van der Waals surface area contributed by atoms with E-state index in [1.54, 1.807) is 51.9 Å². The second kappa shape index (κ2) is 10.9. The number of fused-ring (bicyclic) bond motifs is 1. The zero-order valence-corrected chi connectivity index (χ0v) is 19.6. The first-order valence-electron chi connectivity index (χ1n) is 11.7. The van der Waals surface area contributed by atoms with Crippen LogP contribution in [0.5, 0.6) is 0 Å². The molecular weight excluding hydrogens is 462 g/mol. The number of likely N-dealkylation sites (tertiary alicyclic amines) is 1. The molecule has 1 aromatic heterocycles. The number of carbonyl (C=O) groups excluding carboxylic acids is 3. The summed E-state index contributed by atoms with van der Waals surface area (Å²) in [6, 6.07) is 13.4. The van der Waals surface area contributed by atoms with Crippen molar-refractivity contribution in [1.82, 2.24) is 19.8 Å². The van der Waals surface area contributed by atoms with E-state index in [9.17, 15) is 19.2 Å². The van der Waals surface area contributed by atoms with Crippen LogP contribution in [0, 0.1) is 0 Å². The lowest BCUT2D eigenvalue weighted by atomic mass is 10.1. The summed E-state index contributed by atoms with van der Waals surface area (Å²) in [4.78, 5) is 55.8. The van der Waals surface area contributed by atoms with Gasteiger partial charge in [0.25, 0.3) is 11.8 Å². The van der Waals surface area contributed by atoms with Gasteiger partial charge in [0.05, 0.1) is 22.6 Å². The summed E-state index contributed by atoms with van der Waals surface area (Å²) in [5.74, 6) is -2.05. The number of carboxylic acid groups (broad SMARTS) is 1. The zero-order valence-electron chi connectivity index (χ0n) is 19.6. The maximum atomic E-state index is 13.0. The van der Waals surface area contributed by atoms with Crippen molar-refractivity contribution in [2.24, 2.45) is 0 Å². The molecule has 10 nitrogen and oxygen atoms in total. The highest BCUT2D eigenvalue weighted by atomic mass is 16.4. The van der Waals surface area contributed by atoms with Gasteiger partial charge in [0.2, 0.25) is 11.9 Å². The zero-order chi connectivity index (χ0) is 25.7. The third kappa shape index (κ3) is 5.27. The fraction of sp³-hybridized carbons (Fsp3) is 0.269. The van der Waals surface area contributed by atoms with E-state index in [-0.39, 0.29) is 29.4 Å². The first kappa shape index (κ1) is 24.6. The molecule has 1 fully saturated rings. The number of carbonyl (C=O) groups is 4. The molecule has 10 heteroatoms. The minimum absolute atomic E-state index is 0.194. The van der Waals surface area contributed by atoms with Crippen LogP contribution in [-0.4, -0.2) is 62.9 Å². The molecule has 0 radical (unpaired) electrons. The Kier molecular flexibility index (Phi) is 7.43. The molecule has 3 aromatic rings. The normalized spacial score (nSPS) is 15.7. The number of imidazole rings is 1. The molecule has 0 spiro atoms. The quantitative estimate of drug-likeness (QED) is 0.437. The third-order valence-electron chi connectivity index (χ3n) is 6.11. The highest BCUT2D eigenvalue weighted by molar-refractivity contribution is 6.08. The average Bonchev–Trinajstić information content (AvgIpc) is 3.07. The second-order valence-electron chi connectivity index (χ2n) is 8.51. The molecule has 4 rings (SSSR count). The molecule has 0 bridgehead atoms. The fourth-order valence-corrected chi connectivity index (χ4v) is 4.45. The molecule has 2 heterocycles. The minimum Gasteiger partial charge on any atom is -0.480 e. The van der Waals surface area contributed by atoms with Gasteiger partial charge < -0.3 is 19.9 Å². The van der Waals surface area contributed by atoms with Crippen molar-refractivity contribution in [3.63, 3.8) is 0 Å². The maximum Gasteiger partial charge on any atom is 0.322 e. The predicted molar refractivity (Wildman–Crippen MR) is 134 cm³/mol. The number of carboxylic acids is 1. The molecule has 1 aliphatic rings. The Morgan fingerprint density at radius 3 is 2.56 bits per heavy atom. The summed E-state index contributed by atoms with van der Waals surface area (Å²) in [6.45, 7) is 3.98. The van der Waals surface area contributed by atoms with E-state index in [2.05, 4.69) is 22.2 Å². The van der Waals surface area contributed by atoms with Gasteiger partial charge in [0, 0.05) is 18.7 Å². The Bertz CT molecular complexity index is 1320. The summed E-state index contributed by atoms with van der Waals surface area (Å²) in [6.07, 6.45) is 3.59. The largest absolute Gasteiger partial charge is 0.480 e. The van der Waals surface area contributed by atoms with E-state index < -0.39 is 18.4 Å². The predicted octanol–water partition coefficient (Wildman–Crippen LogP) is 2.84. The van der Waals surface area contributed by atoms with Gasteiger partial charge in [-0.1, -0.05) is 30.8 Å². The number of nitrogens with zero attached hydrogens (tertiary/aromatic N) is 3. The topological polar surface area (TPSA) is 134 Å². The Morgan fingerprint density at radius 1 is 1.06 bits per heavy atom. The van der Waals surface area contributed by atoms with Crippen LogP contribution in [-0.2, 0) is 9.59 Å². The van der Waals surface area contributed by atoms with Gasteiger partial charge in [-0.3, -0.25) is 24.5 Å². The molecular formula is C26H27N5O5. The maximum absolute atomic E-state index is 13.0. The lowest BCUT2D eigenvalue weighted by Crippen LogP contribution is -2.35. The molecule has 1 saturated heterocycles. The number of nitrogens with one attached hydrogen (secondary N) is 2. The van der Waals surface area contributed by atoms with E-state index in [0.29, 0.717) is 36.1 Å². The van der Waals surface area contributed by atoms with Crippen LogP contribution in [0.2, 0.25) is 0 Å². The highest BCUT2D eigenvalue weighted by Gasteiger charge is 2.28. The number of para-hydroxylation sites is 1. The van der Waals surface area contributed by atoms with Gasteiger partial charge in [-0.15, -0.1) is 0 Å². The molecule has 3 amide bonds. The number of benzene rings is 2. The van der Waals surface area contributed by atoms with Gasteiger partial charge in [-0.05, 0) is 49.6 Å². The van der Waals surface area contributed by atoms with E-state index in [4.69, 9.17) is 5.11 Å². The summed E-state index contributed by atoms with van der Waals surface area (Å²) in [5.41, 5.74) is 1.60. The van der Waals surface area contributed by atoms with Gasteiger partial charge in [-0.25, -0.2) is 4.98 Å². The van der Waals surface area contributed by atoms with Crippen LogP contribution >= 0.6 is 0 Å². The highest BCUT2D eigenvalue weighted by Crippen LogP contribution is 2.32. The fourth-order valence-electron chi connectivity index (χ4n) is 4.45. The number of aliphatic carboxylic acids is 1. The number of aromatic nitrogens is 2. The Morgan fingerprint density at radius 2 is 1.83 bits per heavy atom. The minimum atomic E-state index is -1.16. The van der Waals surface area contributed by atoms with E-state index in [0.717, 1.165) is 12.8 Å². The molecule has 1 atom stereocenters. The first-order chi connectivity index (χ1) is 17.4. The third-order valence-corrected chi connectivity index (χ3v) is 6.11. The lowest BCUT2D eigenvalue weighted by Gasteiger charge is -2.26. The van der Waals surface area contributed by atoms with Crippen LogP contribution in [0.15, 0.2) is 61.2 Å². The molecule has 3 N–H and O–H groups in total. The number of anilines is 1. The van der Waals surface area contributed by atoms with Gasteiger partial charge in [0.15, 0.2) is 0 Å². The van der Waals surface area contributed by atoms with Crippen molar-refractivity contribution in [1.29, 1.82) is 0 Å². The number of amides is 3. The number of hydrogen-bond acceptors (Lipinski definition) is 5. The van der Waals surface area contributed by atoms with Crippen LogP contribution in [0.25, 0.3) is 11.0 Å². The summed E-state index contributed by atoms with van der Waals surface area (Å²) in [5, 5.41) is 14.3. The first-order valence-corrected chi connectivity index (χ1v) is 11.7. The van der Waals surface area contributed by atoms with E-state index in [1.165, 1.54) is 6.08 Å². The molecule has 1 unspecified atom stereocenters. The van der Waals surface area contributed by atoms with Crippen molar-refractivity contribution in [2.45, 2.75) is 25.3 Å². The molecule has 186 valence electrons. The van der Waals surface area contributed by atoms with Crippen LogP contribution in [0.4, 0.5) is 5.95 Å². The Labute approximate surface area is 207 Å². The van der Waals surface area contributed by atoms with Crippen molar-refractivity contribution < 1.29 is 24.3 Å².